The molecule has 0 saturated carbocycles. The Hall–Kier alpha value is -1.65. The molecule has 0 spiro atoms. The molecule has 0 amide bonds. The molecule has 2 unspecified atom stereocenters. The normalized spacial score (nSPS) is 14.9. The second kappa shape index (κ2) is 4.92. The van der Waals surface area contributed by atoms with E-state index < -0.39 is 0 Å². The first kappa shape index (κ1) is 10.9. The molecule has 0 saturated heterocycles. The lowest BCUT2D eigenvalue weighted by atomic mass is 10.1. The van der Waals surface area contributed by atoms with E-state index in [9.17, 15) is 0 Å². The Balaban J connectivity index is 1.84. The van der Waals surface area contributed by atoms with E-state index in [4.69, 9.17) is 0 Å². The highest BCUT2D eigenvalue weighted by Gasteiger charge is 2.09. The second-order valence-electron chi connectivity index (χ2n) is 4.16. The molecular formula is C11H17N5. The average molecular weight is 219 g/mol. The Kier molecular flexibility index (Phi) is 3.34. The number of hydrogen-bond acceptors (Lipinski definition) is 3. The van der Waals surface area contributed by atoms with Crippen LogP contribution in [0, 0.1) is 0 Å². The Morgan fingerprint density at radius 1 is 1.06 bits per heavy atom. The highest BCUT2D eigenvalue weighted by Crippen LogP contribution is 2.18. The van der Waals surface area contributed by atoms with Gasteiger partial charge in [0.1, 0.15) is 12.7 Å². The van der Waals surface area contributed by atoms with Crippen LogP contribution in [0.3, 0.4) is 0 Å². The highest BCUT2D eigenvalue weighted by molar-refractivity contribution is 4.79. The molecule has 2 rings (SSSR count). The number of aromatic nitrogens is 5. The summed E-state index contributed by atoms with van der Waals surface area (Å²) in [7, 11) is 0. The molecule has 5 heteroatoms. The van der Waals surface area contributed by atoms with Crippen molar-refractivity contribution in [2.75, 3.05) is 0 Å². The minimum atomic E-state index is 0.397. The van der Waals surface area contributed by atoms with Crippen LogP contribution >= 0.6 is 0 Å². The lowest BCUT2D eigenvalue weighted by Crippen LogP contribution is -2.09. The van der Waals surface area contributed by atoms with E-state index in [0.717, 1.165) is 12.8 Å². The molecule has 0 aromatic carbocycles. The third-order valence-corrected chi connectivity index (χ3v) is 2.92. The lowest BCUT2D eigenvalue weighted by Gasteiger charge is -2.16. The molecule has 0 aliphatic rings. The summed E-state index contributed by atoms with van der Waals surface area (Å²) in [5, 5.41) is 4.14. The molecule has 0 bridgehead atoms. The van der Waals surface area contributed by atoms with Crippen LogP contribution in [0.2, 0.25) is 0 Å². The summed E-state index contributed by atoms with van der Waals surface area (Å²) < 4.78 is 4.04. The largest absolute Gasteiger partial charge is 0.335 e. The fourth-order valence-electron chi connectivity index (χ4n) is 1.74. The minimum Gasteiger partial charge on any atom is -0.335 e. The van der Waals surface area contributed by atoms with Gasteiger partial charge in [0.25, 0.3) is 0 Å². The van der Waals surface area contributed by atoms with E-state index in [2.05, 4.69) is 33.5 Å². The minimum absolute atomic E-state index is 0.397. The summed E-state index contributed by atoms with van der Waals surface area (Å²) in [6.45, 7) is 4.37. The fraction of sp³-hybridized carbons (Fsp3) is 0.545. The summed E-state index contributed by atoms with van der Waals surface area (Å²) in [5.74, 6) is 0. The maximum absolute atomic E-state index is 4.14. The summed E-state index contributed by atoms with van der Waals surface area (Å²) in [6.07, 6.45) is 11.2. The van der Waals surface area contributed by atoms with Crippen molar-refractivity contribution in [2.45, 2.75) is 38.8 Å². The smallest absolute Gasteiger partial charge is 0.137 e. The summed E-state index contributed by atoms with van der Waals surface area (Å²) in [4.78, 5) is 8.01. The zero-order valence-electron chi connectivity index (χ0n) is 9.69. The molecule has 0 fully saturated rings. The van der Waals surface area contributed by atoms with Crippen LogP contribution < -0.4 is 0 Å². The molecule has 2 aromatic heterocycles. The van der Waals surface area contributed by atoms with Gasteiger partial charge < -0.3 is 4.57 Å². The van der Waals surface area contributed by atoms with Crippen molar-refractivity contribution < 1.29 is 0 Å². The quantitative estimate of drug-likeness (QED) is 0.773. The summed E-state index contributed by atoms with van der Waals surface area (Å²) >= 11 is 0. The standard InChI is InChI=1S/C11H17N5/c1-10(15-6-5-12-8-15)3-4-11(2)16-9-13-7-14-16/h5-11H,3-4H2,1-2H3. The Morgan fingerprint density at radius 3 is 2.50 bits per heavy atom. The van der Waals surface area contributed by atoms with Crippen molar-refractivity contribution in [1.82, 2.24) is 24.3 Å². The van der Waals surface area contributed by atoms with Crippen molar-refractivity contribution in [1.29, 1.82) is 0 Å². The first-order valence-electron chi connectivity index (χ1n) is 5.59. The number of nitrogens with zero attached hydrogens (tertiary/aromatic N) is 5. The van der Waals surface area contributed by atoms with E-state index >= 15 is 0 Å². The zero-order valence-corrected chi connectivity index (χ0v) is 9.69. The molecule has 2 atom stereocenters. The highest BCUT2D eigenvalue weighted by atomic mass is 15.3. The maximum atomic E-state index is 4.14. The Bertz CT molecular complexity index is 352. The molecule has 2 heterocycles. The SMILES string of the molecule is CC(CCC(C)n1cncn1)n1ccnc1. The molecule has 86 valence electrons. The van der Waals surface area contributed by atoms with Crippen LogP contribution in [0.25, 0.3) is 0 Å². The van der Waals surface area contributed by atoms with Gasteiger partial charge in [-0.15, -0.1) is 0 Å². The van der Waals surface area contributed by atoms with Gasteiger partial charge in [-0.1, -0.05) is 0 Å². The van der Waals surface area contributed by atoms with Gasteiger partial charge in [-0.05, 0) is 26.7 Å². The zero-order chi connectivity index (χ0) is 11.4. The van der Waals surface area contributed by atoms with Crippen molar-refractivity contribution in [2.24, 2.45) is 0 Å². The van der Waals surface area contributed by atoms with Crippen LogP contribution in [0.5, 0.6) is 0 Å². The molecule has 0 aliphatic heterocycles. The molecule has 5 nitrogen and oxygen atoms in total. The van der Waals surface area contributed by atoms with Crippen LogP contribution in [-0.4, -0.2) is 24.3 Å². The van der Waals surface area contributed by atoms with Crippen molar-refractivity contribution >= 4 is 0 Å². The third kappa shape index (κ3) is 2.48. The van der Waals surface area contributed by atoms with Gasteiger partial charge in [-0.2, -0.15) is 5.10 Å². The molecule has 0 aliphatic carbocycles. The number of imidazole rings is 1. The van der Waals surface area contributed by atoms with Gasteiger partial charge in [0, 0.05) is 18.4 Å². The van der Waals surface area contributed by atoms with Gasteiger partial charge in [0.15, 0.2) is 0 Å². The Morgan fingerprint density at radius 2 is 1.88 bits per heavy atom. The van der Waals surface area contributed by atoms with E-state index in [1.165, 1.54) is 0 Å². The van der Waals surface area contributed by atoms with Crippen molar-refractivity contribution in [3.63, 3.8) is 0 Å². The van der Waals surface area contributed by atoms with Crippen LogP contribution in [0.4, 0.5) is 0 Å². The van der Waals surface area contributed by atoms with Crippen LogP contribution in [0.15, 0.2) is 31.4 Å². The molecule has 16 heavy (non-hydrogen) atoms. The first-order valence-corrected chi connectivity index (χ1v) is 5.59. The van der Waals surface area contributed by atoms with Gasteiger partial charge in [-0.25, -0.2) is 9.97 Å². The predicted octanol–water partition coefficient (Wildman–Crippen LogP) is 2.08. The number of rotatable bonds is 5. The maximum Gasteiger partial charge on any atom is 0.137 e. The summed E-state index contributed by atoms with van der Waals surface area (Å²) in [6, 6.07) is 0.877. The topological polar surface area (TPSA) is 48.5 Å². The molecule has 2 aromatic rings. The third-order valence-electron chi connectivity index (χ3n) is 2.92. The van der Waals surface area contributed by atoms with Gasteiger partial charge in [0.2, 0.25) is 0 Å². The molecular weight excluding hydrogens is 202 g/mol. The van der Waals surface area contributed by atoms with Crippen molar-refractivity contribution in [3.8, 4) is 0 Å². The number of hydrogen-bond donors (Lipinski definition) is 0. The second-order valence-corrected chi connectivity index (χ2v) is 4.16. The lowest BCUT2D eigenvalue weighted by molar-refractivity contribution is 0.393. The van der Waals surface area contributed by atoms with E-state index in [0.29, 0.717) is 12.1 Å². The summed E-state index contributed by atoms with van der Waals surface area (Å²) in [5.41, 5.74) is 0. The van der Waals surface area contributed by atoms with E-state index in [-0.39, 0.29) is 0 Å². The van der Waals surface area contributed by atoms with Crippen LogP contribution in [0.1, 0.15) is 38.8 Å². The molecule has 0 radical (unpaired) electrons. The van der Waals surface area contributed by atoms with Gasteiger partial charge >= 0.3 is 0 Å². The van der Waals surface area contributed by atoms with Crippen molar-refractivity contribution in [3.05, 3.63) is 31.4 Å². The van der Waals surface area contributed by atoms with E-state index in [1.54, 1.807) is 12.7 Å². The van der Waals surface area contributed by atoms with E-state index in [1.807, 2.05) is 23.4 Å². The average Bonchev–Trinajstić information content (AvgIpc) is 2.95. The predicted molar refractivity (Wildman–Crippen MR) is 60.9 cm³/mol. The molecule has 0 N–H and O–H groups in total. The Labute approximate surface area is 95.1 Å². The van der Waals surface area contributed by atoms with Gasteiger partial charge in [0.05, 0.1) is 12.4 Å². The van der Waals surface area contributed by atoms with Gasteiger partial charge in [-0.3, -0.25) is 4.68 Å². The van der Waals surface area contributed by atoms with Crippen LogP contribution in [-0.2, 0) is 0 Å². The first-order chi connectivity index (χ1) is 7.77. The monoisotopic (exact) mass is 219 g/mol. The fourth-order valence-corrected chi connectivity index (χ4v) is 1.74.